The molecule has 3 rings (SSSR count). The molecule has 1 aliphatic carbocycles. The van der Waals surface area contributed by atoms with E-state index in [1.807, 2.05) is 13.8 Å². The monoisotopic (exact) mass is 352 g/mol. The predicted molar refractivity (Wildman–Crippen MR) is 86.1 cm³/mol. The van der Waals surface area contributed by atoms with Gasteiger partial charge in [-0.2, -0.15) is 0 Å². The molecule has 4 amide bonds. The Balaban J connectivity index is 1.70. The molecule has 0 radical (unpaired) electrons. The lowest BCUT2D eigenvalue weighted by atomic mass is 9.96. The molecule has 2 aliphatic heterocycles. The van der Waals surface area contributed by atoms with Gasteiger partial charge in [-0.25, -0.2) is 4.79 Å². The first-order valence-corrected chi connectivity index (χ1v) is 8.51. The first-order valence-electron chi connectivity index (χ1n) is 8.51. The van der Waals surface area contributed by atoms with Gasteiger partial charge in [0.2, 0.25) is 17.7 Å². The number of primary amides is 1. The van der Waals surface area contributed by atoms with E-state index in [9.17, 15) is 24.3 Å². The van der Waals surface area contributed by atoms with Crippen LogP contribution in [0.1, 0.15) is 26.7 Å². The Morgan fingerprint density at radius 1 is 1.44 bits per heavy atom. The summed E-state index contributed by atoms with van der Waals surface area (Å²) in [4.78, 5) is 48.7. The number of carbonyl (C=O) groups excluding carboxylic acids is 3. The Labute approximate surface area is 145 Å². The van der Waals surface area contributed by atoms with Gasteiger partial charge in [-0.1, -0.05) is 13.8 Å². The highest BCUT2D eigenvalue weighted by atomic mass is 16.4. The number of hydrogen-bond acceptors (Lipinski definition) is 4. The number of piperidine rings is 1. The first-order chi connectivity index (χ1) is 11.6. The van der Waals surface area contributed by atoms with Gasteiger partial charge in [0.25, 0.3) is 0 Å². The number of fused-ring (bicyclic) bond motifs is 1. The summed E-state index contributed by atoms with van der Waals surface area (Å²) in [7, 11) is 0. The molecule has 5 N–H and O–H groups in total. The summed E-state index contributed by atoms with van der Waals surface area (Å²) >= 11 is 0. The molecule has 2 heterocycles. The van der Waals surface area contributed by atoms with Crippen molar-refractivity contribution in [2.75, 3.05) is 13.1 Å². The zero-order chi connectivity index (χ0) is 18.5. The third-order valence-corrected chi connectivity index (χ3v) is 6.07. The number of nitrogens with zero attached hydrogens (tertiary/aromatic N) is 1. The summed E-state index contributed by atoms with van der Waals surface area (Å²) in [6, 6.07) is -1.81. The summed E-state index contributed by atoms with van der Waals surface area (Å²) in [5, 5.41) is 14.6. The summed E-state index contributed by atoms with van der Waals surface area (Å²) in [5.41, 5.74) is 5.29. The van der Waals surface area contributed by atoms with Gasteiger partial charge < -0.3 is 21.5 Å². The molecule has 2 unspecified atom stereocenters. The minimum atomic E-state index is -1.14. The van der Waals surface area contributed by atoms with Crippen molar-refractivity contribution in [3.63, 3.8) is 0 Å². The Morgan fingerprint density at radius 2 is 2.12 bits per heavy atom. The van der Waals surface area contributed by atoms with Crippen molar-refractivity contribution in [1.29, 1.82) is 0 Å². The standard InChI is InChI=1S/C16H24N4O5/c1-16(2)8-6-20(15(24)25)11(10(8)16)14(23)19-9(12(17)21)5-7-3-4-18-13(7)22/h7-11H,3-6H2,1-2H3,(H2,17,21)(H,18,22)(H,19,23)(H,24,25)/t7?,8-,9?,10-,11-/m0/s1. The second kappa shape index (κ2) is 5.89. The maximum atomic E-state index is 12.7. The van der Waals surface area contributed by atoms with Crippen LogP contribution < -0.4 is 16.4 Å². The van der Waals surface area contributed by atoms with Gasteiger partial charge >= 0.3 is 6.09 Å². The largest absolute Gasteiger partial charge is 0.465 e. The normalized spacial score (nSPS) is 33.4. The Hall–Kier alpha value is -2.32. The average molecular weight is 352 g/mol. The third-order valence-electron chi connectivity index (χ3n) is 6.07. The van der Waals surface area contributed by atoms with Crippen LogP contribution in [0.15, 0.2) is 0 Å². The minimum Gasteiger partial charge on any atom is -0.465 e. The quantitative estimate of drug-likeness (QED) is 0.508. The SMILES string of the molecule is CC1(C)[C@@H]2[C@@H](C(=O)NC(CC3CCNC3=O)C(N)=O)N(C(=O)O)C[C@@H]21. The van der Waals surface area contributed by atoms with Crippen molar-refractivity contribution in [3.05, 3.63) is 0 Å². The number of amides is 4. The van der Waals surface area contributed by atoms with Crippen LogP contribution >= 0.6 is 0 Å². The number of likely N-dealkylation sites (tertiary alicyclic amines) is 1. The van der Waals surface area contributed by atoms with E-state index in [0.717, 1.165) is 4.90 Å². The Kier molecular flexibility index (Phi) is 4.12. The molecule has 5 atom stereocenters. The first kappa shape index (κ1) is 17.5. The number of nitrogens with two attached hydrogens (primary N) is 1. The van der Waals surface area contributed by atoms with Gasteiger partial charge in [0.1, 0.15) is 12.1 Å². The van der Waals surface area contributed by atoms with E-state index >= 15 is 0 Å². The van der Waals surface area contributed by atoms with Crippen molar-refractivity contribution in [2.45, 2.75) is 38.8 Å². The van der Waals surface area contributed by atoms with E-state index < -0.39 is 30.0 Å². The van der Waals surface area contributed by atoms with Gasteiger partial charge in [-0.05, 0) is 30.1 Å². The molecular formula is C16H24N4O5. The molecule has 9 heteroatoms. The van der Waals surface area contributed by atoms with E-state index in [0.29, 0.717) is 19.5 Å². The van der Waals surface area contributed by atoms with Crippen LogP contribution in [0.4, 0.5) is 4.79 Å². The molecule has 0 aromatic rings. The highest BCUT2D eigenvalue weighted by Crippen LogP contribution is 2.64. The fourth-order valence-corrected chi connectivity index (χ4v) is 4.44. The number of carboxylic acid groups (broad SMARTS) is 1. The molecule has 0 aromatic carbocycles. The van der Waals surface area contributed by atoms with Crippen molar-refractivity contribution in [2.24, 2.45) is 28.9 Å². The second-order valence-electron chi connectivity index (χ2n) is 7.81. The van der Waals surface area contributed by atoms with Crippen molar-refractivity contribution in [3.8, 4) is 0 Å². The smallest absolute Gasteiger partial charge is 0.407 e. The lowest BCUT2D eigenvalue weighted by Crippen LogP contribution is -2.54. The Bertz CT molecular complexity index is 634. The van der Waals surface area contributed by atoms with Crippen LogP contribution in [0.3, 0.4) is 0 Å². The zero-order valence-corrected chi connectivity index (χ0v) is 14.3. The fraction of sp³-hybridized carbons (Fsp3) is 0.750. The van der Waals surface area contributed by atoms with Crippen LogP contribution in [0.25, 0.3) is 0 Å². The maximum absolute atomic E-state index is 12.7. The van der Waals surface area contributed by atoms with Crippen LogP contribution in [0, 0.1) is 23.2 Å². The lowest BCUT2D eigenvalue weighted by Gasteiger charge is -2.29. The van der Waals surface area contributed by atoms with E-state index in [-0.39, 0.29) is 35.5 Å². The van der Waals surface area contributed by atoms with Gasteiger partial charge in [-0.3, -0.25) is 19.3 Å². The van der Waals surface area contributed by atoms with Gasteiger partial charge in [-0.15, -0.1) is 0 Å². The van der Waals surface area contributed by atoms with Crippen LogP contribution in [-0.4, -0.2) is 59.0 Å². The highest BCUT2D eigenvalue weighted by molar-refractivity contribution is 5.92. The van der Waals surface area contributed by atoms with Crippen LogP contribution in [-0.2, 0) is 14.4 Å². The molecule has 138 valence electrons. The number of rotatable bonds is 5. The summed E-state index contributed by atoms with van der Waals surface area (Å²) in [6.07, 6.45) is -0.431. The summed E-state index contributed by atoms with van der Waals surface area (Å²) < 4.78 is 0. The maximum Gasteiger partial charge on any atom is 0.407 e. The van der Waals surface area contributed by atoms with E-state index in [2.05, 4.69) is 10.6 Å². The topological polar surface area (TPSA) is 142 Å². The fourth-order valence-electron chi connectivity index (χ4n) is 4.44. The molecule has 3 aliphatic rings. The molecule has 25 heavy (non-hydrogen) atoms. The minimum absolute atomic E-state index is 0.0631. The number of nitrogens with one attached hydrogen (secondary N) is 2. The van der Waals surface area contributed by atoms with E-state index in [1.165, 1.54) is 0 Å². The molecule has 3 fully saturated rings. The van der Waals surface area contributed by atoms with E-state index in [4.69, 9.17) is 5.73 Å². The number of carbonyl (C=O) groups is 4. The van der Waals surface area contributed by atoms with Gasteiger partial charge in [0.15, 0.2) is 0 Å². The summed E-state index contributed by atoms with van der Waals surface area (Å²) in [5.74, 6) is -1.68. The van der Waals surface area contributed by atoms with E-state index in [1.54, 1.807) is 0 Å². The molecule has 1 saturated carbocycles. The van der Waals surface area contributed by atoms with Crippen molar-refractivity contribution < 1.29 is 24.3 Å². The summed E-state index contributed by atoms with van der Waals surface area (Å²) in [6.45, 7) is 4.88. The predicted octanol–water partition coefficient (Wildman–Crippen LogP) is -0.883. The molecule has 0 aromatic heterocycles. The lowest BCUT2D eigenvalue weighted by molar-refractivity contribution is -0.131. The van der Waals surface area contributed by atoms with Crippen molar-refractivity contribution in [1.82, 2.24) is 15.5 Å². The van der Waals surface area contributed by atoms with Crippen molar-refractivity contribution >= 4 is 23.8 Å². The van der Waals surface area contributed by atoms with Crippen LogP contribution in [0.5, 0.6) is 0 Å². The molecule has 9 nitrogen and oxygen atoms in total. The zero-order valence-electron chi connectivity index (χ0n) is 14.3. The van der Waals surface area contributed by atoms with Gasteiger partial charge in [0, 0.05) is 19.0 Å². The highest BCUT2D eigenvalue weighted by Gasteiger charge is 2.69. The second-order valence-corrected chi connectivity index (χ2v) is 7.81. The average Bonchev–Trinajstić information content (AvgIpc) is 2.91. The van der Waals surface area contributed by atoms with Crippen LogP contribution in [0.2, 0.25) is 0 Å². The third kappa shape index (κ3) is 2.91. The van der Waals surface area contributed by atoms with Gasteiger partial charge in [0.05, 0.1) is 0 Å². The number of hydrogen-bond donors (Lipinski definition) is 4. The molecular weight excluding hydrogens is 328 g/mol. The Morgan fingerprint density at radius 3 is 2.64 bits per heavy atom. The molecule has 0 spiro atoms. The molecule has 0 bridgehead atoms. The molecule has 2 saturated heterocycles.